The number of carbonyl (C=O) groups excluding carboxylic acids is 2. The van der Waals surface area contributed by atoms with Crippen LogP contribution in [-0.4, -0.2) is 36.0 Å². The van der Waals surface area contributed by atoms with Crippen LogP contribution < -0.4 is 10.2 Å². The summed E-state index contributed by atoms with van der Waals surface area (Å²) in [6.07, 6.45) is 0. The molecule has 0 spiro atoms. The molecule has 0 aromatic heterocycles. The van der Waals surface area contributed by atoms with Crippen molar-refractivity contribution in [2.24, 2.45) is 0 Å². The molecule has 3 amide bonds. The predicted molar refractivity (Wildman–Crippen MR) is 95.2 cm³/mol. The number of nitrogens with zero attached hydrogens (tertiary/aromatic N) is 2. The molecule has 1 N–H and O–H groups in total. The van der Waals surface area contributed by atoms with Crippen LogP contribution in [0.1, 0.15) is 12.5 Å². The SMILES string of the molecule is Cc1ccc(NC(=O)N2CCN(c3ccccc3)C(=O)[C@H]2C)cc1. The molecule has 0 unspecified atom stereocenters. The molecule has 1 aliphatic rings. The van der Waals surface area contributed by atoms with E-state index < -0.39 is 6.04 Å². The van der Waals surface area contributed by atoms with Crippen molar-refractivity contribution in [3.8, 4) is 0 Å². The standard InChI is InChI=1S/C19H21N3O2/c1-14-8-10-16(11-9-14)20-19(24)21-12-13-22(18(23)15(21)2)17-6-4-3-5-7-17/h3-11,15H,12-13H2,1-2H3,(H,20,24)/t15-/m1/s1. The highest BCUT2D eigenvalue weighted by Crippen LogP contribution is 2.21. The minimum atomic E-state index is -0.496. The fourth-order valence-corrected chi connectivity index (χ4v) is 2.84. The van der Waals surface area contributed by atoms with Crippen LogP contribution >= 0.6 is 0 Å². The van der Waals surface area contributed by atoms with Gasteiger partial charge in [-0.15, -0.1) is 0 Å². The number of benzene rings is 2. The number of nitrogens with one attached hydrogen (secondary N) is 1. The number of amides is 3. The van der Waals surface area contributed by atoms with Gasteiger partial charge >= 0.3 is 6.03 Å². The molecule has 0 bridgehead atoms. The number of anilines is 2. The molecule has 1 saturated heterocycles. The highest BCUT2D eigenvalue weighted by Gasteiger charge is 2.34. The number of aryl methyl sites for hydroxylation is 1. The second kappa shape index (κ2) is 6.74. The van der Waals surface area contributed by atoms with Gasteiger partial charge in [-0.1, -0.05) is 35.9 Å². The third kappa shape index (κ3) is 3.25. The zero-order valence-corrected chi connectivity index (χ0v) is 13.9. The lowest BCUT2D eigenvalue weighted by atomic mass is 10.1. The molecule has 2 aromatic rings. The summed E-state index contributed by atoms with van der Waals surface area (Å²) >= 11 is 0. The minimum Gasteiger partial charge on any atom is -0.311 e. The lowest BCUT2D eigenvalue weighted by molar-refractivity contribution is -0.123. The maximum atomic E-state index is 12.6. The summed E-state index contributed by atoms with van der Waals surface area (Å²) in [5.41, 5.74) is 2.73. The molecule has 0 saturated carbocycles. The van der Waals surface area contributed by atoms with Gasteiger partial charge in [-0.2, -0.15) is 0 Å². The van der Waals surface area contributed by atoms with Crippen molar-refractivity contribution in [1.82, 2.24) is 4.90 Å². The van der Waals surface area contributed by atoms with Crippen molar-refractivity contribution < 1.29 is 9.59 Å². The molecular formula is C19H21N3O2. The Hall–Kier alpha value is -2.82. The van der Waals surface area contributed by atoms with Crippen LogP contribution in [0.5, 0.6) is 0 Å². The van der Waals surface area contributed by atoms with E-state index in [1.165, 1.54) is 0 Å². The van der Waals surface area contributed by atoms with Gasteiger partial charge in [-0.3, -0.25) is 4.79 Å². The van der Waals surface area contributed by atoms with Crippen LogP contribution in [0.3, 0.4) is 0 Å². The summed E-state index contributed by atoms with van der Waals surface area (Å²) in [6, 6.07) is 16.4. The molecule has 1 fully saturated rings. The number of rotatable bonds is 2. The number of urea groups is 1. The van der Waals surface area contributed by atoms with Gasteiger partial charge in [-0.25, -0.2) is 4.79 Å². The van der Waals surface area contributed by atoms with Gasteiger partial charge in [-0.05, 0) is 38.1 Å². The number of hydrogen-bond acceptors (Lipinski definition) is 2. The number of carbonyl (C=O) groups is 2. The number of para-hydroxylation sites is 1. The van der Waals surface area contributed by atoms with E-state index >= 15 is 0 Å². The quantitative estimate of drug-likeness (QED) is 0.922. The van der Waals surface area contributed by atoms with Crippen LogP contribution in [0.4, 0.5) is 16.2 Å². The van der Waals surface area contributed by atoms with E-state index in [0.29, 0.717) is 13.1 Å². The van der Waals surface area contributed by atoms with Gasteiger partial charge in [0, 0.05) is 24.5 Å². The van der Waals surface area contributed by atoms with Crippen LogP contribution in [0.25, 0.3) is 0 Å². The van der Waals surface area contributed by atoms with E-state index in [1.807, 2.05) is 61.5 Å². The predicted octanol–water partition coefficient (Wildman–Crippen LogP) is 3.26. The first-order valence-electron chi connectivity index (χ1n) is 8.07. The first-order chi connectivity index (χ1) is 11.6. The Morgan fingerprint density at radius 2 is 1.71 bits per heavy atom. The minimum absolute atomic E-state index is 0.0634. The van der Waals surface area contributed by atoms with Crippen LogP contribution in [0, 0.1) is 6.92 Å². The van der Waals surface area contributed by atoms with Gasteiger partial charge in [0.2, 0.25) is 5.91 Å². The lowest BCUT2D eigenvalue weighted by Crippen LogP contribution is -2.58. The molecule has 5 heteroatoms. The van der Waals surface area contributed by atoms with E-state index in [1.54, 1.807) is 16.7 Å². The van der Waals surface area contributed by atoms with E-state index in [2.05, 4.69) is 5.32 Å². The van der Waals surface area contributed by atoms with E-state index in [-0.39, 0.29) is 11.9 Å². The summed E-state index contributed by atoms with van der Waals surface area (Å²) in [7, 11) is 0. The van der Waals surface area contributed by atoms with E-state index in [9.17, 15) is 9.59 Å². The topological polar surface area (TPSA) is 52.7 Å². The summed E-state index contributed by atoms with van der Waals surface area (Å²) in [5, 5.41) is 2.86. The third-order valence-electron chi connectivity index (χ3n) is 4.29. The monoisotopic (exact) mass is 323 g/mol. The summed E-state index contributed by atoms with van der Waals surface area (Å²) in [6.45, 7) is 4.76. The van der Waals surface area contributed by atoms with Gasteiger partial charge in [0.15, 0.2) is 0 Å². The summed E-state index contributed by atoms with van der Waals surface area (Å²) < 4.78 is 0. The molecule has 2 aromatic carbocycles. The average molecular weight is 323 g/mol. The van der Waals surface area contributed by atoms with Crippen molar-refractivity contribution in [1.29, 1.82) is 0 Å². The van der Waals surface area contributed by atoms with E-state index in [4.69, 9.17) is 0 Å². The maximum absolute atomic E-state index is 12.6. The Labute approximate surface area is 141 Å². The maximum Gasteiger partial charge on any atom is 0.322 e. The van der Waals surface area contributed by atoms with Crippen molar-refractivity contribution in [2.75, 3.05) is 23.3 Å². The molecule has 3 rings (SSSR count). The fourth-order valence-electron chi connectivity index (χ4n) is 2.84. The van der Waals surface area contributed by atoms with Crippen molar-refractivity contribution in [3.05, 3.63) is 60.2 Å². The Balaban J connectivity index is 1.69. The lowest BCUT2D eigenvalue weighted by Gasteiger charge is -2.39. The zero-order chi connectivity index (χ0) is 17.1. The first kappa shape index (κ1) is 16.1. The fraction of sp³-hybridized carbons (Fsp3) is 0.263. The van der Waals surface area contributed by atoms with Gasteiger partial charge < -0.3 is 15.1 Å². The molecule has 24 heavy (non-hydrogen) atoms. The van der Waals surface area contributed by atoms with Crippen molar-refractivity contribution in [3.63, 3.8) is 0 Å². The molecule has 1 atom stereocenters. The Morgan fingerprint density at radius 3 is 2.38 bits per heavy atom. The number of piperazine rings is 1. The summed E-state index contributed by atoms with van der Waals surface area (Å²) in [4.78, 5) is 28.5. The van der Waals surface area contributed by atoms with Gasteiger partial charge in [0.05, 0.1) is 0 Å². The van der Waals surface area contributed by atoms with Crippen molar-refractivity contribution in [2.45, 2.75) is 19.9 Å². The zero-order valence-electron chi connectivity index (χ0n) is 13.9. The Morgan fingerprint density at radius 1 is 1.04 bits per heavy atom. The average Bonchev–Trinajstić information content (AvgIpc) is 2.60. The smallest absolute Gasteiger partial charge is 0.311 e. The summed E-state index contributed by atoms with van der Waals surface area (Å²) in [5.74, 6) is -0.0634. The molecule has 1 aliphatic heterocycles. The Bertz CT molecular complexity index is 728. The van der Waals surface area contributed by atoms with Crippen molar-refractivity contribution >= 4 is 23.3 Å². The molecule has 0 aliphatic carbocycles. The van der Waals surface area contributed by atoms with E-state index in [0.717, 1.165) is 16.9 Å². The normalized spacial score (nSPS) is 17.8. The molecule has 1 heterocycles. The molecule has 124 valence electrons. The molecular weight excluding hydrogens is 302 g/mol. The second-order valence-corrected chi connectivity index (χ2v) is 5.99. The Kier molecular flexibility index (Phi) is 4.51. The van der Waals surface area contributed by atoms with Crippen LogP contribution in [0.15, 0.2) is 54.6 Å². The van der Waals surface area contributed by atoms with Crippen LogP contribution in [-0.2, 0) is 4.79 Å². The molecule has 0 radical (unpaired) electrons. The van der Waals surface area contributed by atoms with Crippen LogP contribution in [0.2, 0.25) is 0 Å². The first-order valence-corrected chi connectivity index (χ1v) is 8.07. The number of hydrogen-bond donors (Lipinski definition) is 1. The second-order valence-electron chi connectivity index (χ2n) is 5.99. The molecule has 5 nitrogen and oxygen atoms in total. The third-order valence-corrected chi connectivity index (χ3v) is 4.29. The van der Waals surface area contributed by atoms with Gasteiger partial charge in [0.25, 0.3) is 0 Å². The highest BCUT2D eigenvalue weighted by atomic mass is 16.2. The van der Waals surface area contributed by atoms with Gasteiger partial charge in [0.1, 0.15) is 6.04 Å². The highest BCUT2D eigenvalue weighted by molar-refractivity contribution is 6.01. The largest absolute Gasteiger partial charge is 0.322 e.